The van der Waals surface area contributed by atoms with Crippen LogP contribution in [-0.4, -0.2) is 22.3 Å². The van der Waals surface area contributed by atoms with E-state index in [1.807, 2.05) is 12.3 Å². The van der Waals surface area contributed by atoms with Crippen LogP contribution in [0.2, 0.25) is 0 Å². The first-order chi connectivity index (χ1) is 13.6. The Kier molecular flexibility index (Phi) is 4.35. The SMILES string of the molecule is NC1CCc2ccn3c2C1C(=O)CC(C(=O)NC1CCCc2ccccc21)C3. The number of hydrogen-bond donors (Lipinski definition) is 2. The molecule has 146 valence electrons. The summed E-state index contributed by atoms with van der Waals surface area (Å²) in [6.07, 6.45) is 7.17. The number of ketones is 1. The number of hydrogen-bond acceptors (Lipinski definition) is 3. The number of amides is 1. The first-order valence-corrected chi connectivity index (χ1v) is 10.5. The van der Waals surface area contributed by atoms with E-state index in [0.717, 1.165) is 37.8 Å². The molecule has 2 aromatic rings. The van der Waals surface area contributed by atoms with E-state index in [2.05, 4.69) is 34.1 Å². The number of benzene rings is 1. The Balaban J connectivity index is 1.39. The standard InChI is InChI=1S/C23H27N3O2/c24-18-9-8-15-10-11-26-13-16(12-20(27)21(18)22(15)26)23(28)25-19-7-3-5-14-4-1-2-6-17(14)19/h1-2,4,6,10-11,16,18-19,21H,3,5,7-9,12-13,24H2,(H,25,28). The summed E-state index contributed by atoms with van der Waals surface area (Å²) in [7, 11) is 0. The molecule has 5 heteroatoms. The van der Waals surface area contributed by atoms with Gasteiger partial charge in [0.1, 0.15) is 5.78 Å². The van der Waals surface area contributed by atoms with Crippen LogP contribution < -0.4 is 11.1 Å². The Bertz CT molecular complexity index is 932. The summed E-state index contributed by atoms with van der Waals surface area (Å²) >= 11 is 0. The first kappa shape index (κ1) is 17.7. The van der Waals surface area contributed by atoms with Crippen molar-refractivity contribution in [2.45, 2.75) is 63.1 Å². The van der Waals surface area contributed by atoms with Crippen LogP contribution in [0.4, 0.5) is 0 Å². The van der Waals surface area contributed by atoms with Crippen molar-refractivity contribution in [2.75, 3.05) is 0 Å². The predicted octanol–water partition coefficient (Wildman–Crippen LogP) is 2.63. The molecule has 5 nitrogen and oxygen atoms in total. The molecule has 0 saturated carbocycles. The average Bonchev–Trinajstić information content (AvgIpc) is 3.03. The second kappa shape index (κ2) is 6.89. The molecule has 0 fully saturated rings. The maximum Gasteiger partial charge on any atom is 0.225 e. The number of Topliss-reactive ketones (excluding diaryl/α,β-unsaturated/α-hetero) is 1. The van der Waals surface area contributed by atoms with Crippen LogP contribution in [-0.2, 0) is 29.0 Å². The van der Waals surface area contributed by atoms with Crippen molar-refractivity contribution in [3.05, 3.63) is 58.9 Å². The third-order valence-electron chi connectivity index (χ3n) is 6.83. The van der Waals surface area contributed by atoms with Crippen LogP contribution in [0.3, 0.4) is 0 Å². The van der Waals surface area contributed by atoms with Gasteiger partial charge in [-0.3, -0.25) is 9.59 Å². The highest BCUT2D eigenvalue weighted by atomic mass is 16.2. The Morgan fingerprint density at radius 3 is 2.86 bits per heavy atom. The van der Waals surface area contributed by atoms with Gasteiger partial charge >= 0.3 is 0 Å². The molecule has 1 aromatic carbocycles. The molecule has 0 spiro atoms. The molecule has 1 aromatic heterocycles. The highest BCUT2D eigenvalue weighted by molar-refractivity contribution is 5.92. The zero-order chi connectivity index (χ0) is 19.3. The van der Waals surface area contributed by atoms with Crippen LogP contribution in [0, 0.1) is 5.92 Å². The molecule has 4 atom stereocenters. The minimum absolute atomic E-state index is 0.00952. The van der Waals surface area contributed by atoms with Crippen molar-refractivity contribution < 1.29 is 9.59 Å². The molecular weight excluding hydrogens is 350 g/mol. The quantitative estimate of drug-likeness (QED) is 0.845. The van der Waals surface area contributed by atoms with E-state index >= 15 is 0 Å². The van der Waals surface area contributed by atoms with Gasteiger partial charge in [-0.2, -0.15) is 0 Å². The molecule has 1 aliphatic heterocycles. The normalized spacial score (nSPS) is 28.8. The van der Waals surface area contributed by atoms with Gasteiger partial charge in [-0.25, -0.2) is 0 Å². The van der Waals surface area contributed by atoms with E-state index in [4.69, 9.17) is 5.73 Å². The van der Waals surface area contributed by atoms with Crippen LogP contribution >= 0.6 is 0 Å². The maximum absolute atomic E-state index is 13.2. The first-order valence-electron chi connectivity index (χ1n) is 10.5. The average molecular weight is 377 g/mol. The summed E-state index contributed by atoms with van der Waals surface area (Å²) in [5, 5.41) is 3.25. The highest BCUT2D eigenvalue weighted by Gasteiger charge is 2.40. The van der Waals surface area contributed by atoms with E-state index in [1.54, 1.807) is 0 Å². The Hall–Kier alpha value is -2.40. The lowest BCUT2D eigenvalue weighted by Crippen LogP contribution is -2.39. The minimum Gasteiger partial charge on any atom is -0.350 e. The molecule has 3 aliphatic rings. The van der Waals surface area contributed by atoms with Crippen LogP contribution in [0.1, 0.15) is 60.0 Å². The van der Waals surface area contributed by atoms with Crippen molar-refractivity contribution in [3.63, 3.8) is 0 Å². The summed E-state index contributed by atoms with van der Waals surface area (Å²) < 4.78 is 2.11. The molecule has 2 heterocycles. The molecule has 1 amide bonds. The van der Waals surface area contributed by atoms with Gasteiger partial charge < -0.3 is 15.6 Å². The van der Waals surface area contributed by atoms with Gasteiger partial charge in [-0.1, -0.05) is 24.3 Å². The summed E-state index contributed by atoms with van der Waals surface area (Å²) in [6.45, 7) is 0.560. The van der Waals surface area contributed by atoms with E-state index < -0.39 is 0 Å². The third kappa shape index (κ3) is 2.89. The summed E-state index contributed by atoms with van der Waals surface area (Å²) in [6, 6.07) is 10.4. The molecule has 4 unspecified atom stereocenters. The Morgan fingerprint density at radius 2 is 1.96 bits per heavy atom. The number of fused-ring (bicyclic) bond motifs is 1. The highest BCUT2D eigenvalue weighted by Crippen LogP contribution is 2.37. The van der Waals surface area contributed by atoms with E-state index in [1.165, 1.54) is 16.7 Å². The summed E-state index contributed by atoms with van der Waals surface area (Å²) in [5.41, 5.74) is 11.1. The van der Waals surface area contributed by atoms with Gasteiger partial charge in [0.25, 0.3) is 0 Å². The minimum atomic E-state index is -0.337. The maximum atomic E-state index is 13.2. The lowest BCUT2D eigenvalue weighted by molar-refractivity contribution is -0.130. The fraction of sp³-hybridized carbons (Fsp3) is 0.478. The number of aryl methyl sites for hydroxylation is 2. The predicted molar refractivity (Wildman–Crippen MR) is 107 cm³/mol. The summed E-state index contributed by atoms with van der Waals surface area (Å²) in [4.78, 5) is 26.2. The van der Waals surface area contributed by atoms with Gasteiger partial charge in [-0.15, -0.1) is 0 Å². The second-order valence-corrected chi connectivity index (χ2v) is 8.58. The molecule has 0 saturated heterocycles. The monoisotopic (exact) mass is 377 g/mol. The van der Waals surface area contributed by atoms with Gasteiger partial charge in [0.2, 0.25) is 5.91 Å². The lowest BCUT2D eigenvalue weighted by Gasteiger charge is -2.28. The van der Waals surface area contributed by atoms with Gasteiger partial charge in [0.05, 0.1) is 17.9 Å². The zero-order valence-electron chi connectivity index (χ0n) is 16.1. The van der Waals surface area contributed by atoms with E-state index in [-0.39, 0.29) is 42.0 Å². The smallest absolute Gasteiger partial charge is 0.225 e. The topological polar surface area (TPSA) is 77.1 Å². The number of carbonyl (C=O) groups is 2. The van der Waals surface area contributed by atoms with Crippen molar-refractivity contribution in [2.24, 2.45) is 11.7 Å². The summed E-state index contributed by atoms with van der Waals surface area (Å²) in [5.74, 6) is -0.484. The molecule has 28 heavy (non-hydrogen) atoms. The number of carbonyl (C=O) groups excluding carboxylic acids is 2. The van der Waals surface area contributed by atoms with Crippen LogP contribution in [0.25, 0.3) is 0 Å². The number of nitrogens with two attached hydrogens (primary N) is 1. The van der Waals surface area contributed by atoms with Crippen LogP contribution in [0.15, 0.2) is 36.5 Å². The number of rotatable bonds is 2. The lowest BCUT2D eigenvalue weighted by atomic mass is 9.80. The van der Waals surface area contributed by atoms with E-state index in [0.29, 0.717) is 6.54 Å². The zero-order valence-corrected chi connectivity index (χ0v) is 16.1. The largest absolute Gasteiger partial charge is 0.350 e. The molecule has 2 aliphatic carbocycles. The van der Waals surface area contributed by atoms with Crippen molar-refractivity contribution >= 4 is 11.7 Å². The van der Waals surface area contributed by atoms with Gasteiger partial charge in [0, 0.05) is 30.9 Å². The molecular formula is C23H27N3O2. The van der Waals surface area contributed by atoms with E-state index in [9.17, 15) is 9.59 Å². The number of aromatic nitrogens is 1. The Labute approximate surface area is 165 Å². The van der Waals surface area contributed by atoms with Gasteiger partial charge in [0.15, 0.2) is 0 Å². The number of nitrogens with one attached hydrogen (secondary N) is 1. The Morgan fingerprint density at radius 1 is 1.11 bits per heavy atom. The van der Waals surface area contributed by atoms with Crippen molar-refractivity contribution in [1.29, 1.82) is 0 Å². The molecule has 0 radical (unpaired) electrons. The van der Waals surface area contributed by atoms with Gasteiger partial charge in [-0.05, 0) is 54.9 Å². The number of nitrogens with zero attached hydrogens (tertiary/aromatic N) is 1. The molecule has 0 bridgehead atoms. The molecule has 3 N–H and O–H groups in total. The second-order valence-electron chi connectivity index (χ2n) is 8.58. The van der Waals surface area contributed by atoms with Crippen LogP contribution in [0.5, 0.6) is 0 Å². The fourth-order valence-electron chi connectivity index (χ4n) is 5.40. The van der Waals surface area contributed by atoms with Crippen molar-refractivity contribution in [3.8, 4) is 0 Å². The third-order valence-corrected chi connectivity index (χ3v) is 6.83. The fourth-order valence-corrected chi connectivity index (χ4v) is 5.40. The van der Waals surface area contributed by atoms with Crippen molar-refractivity contribution in [1.82, 2.24) is 9.88 Å². The molecule has 5 rings (SSSR count).